The zero-order valence-electron chi connectivity index (χ0n) is 14.5. The maximum absolute atomic E-state index is 13.0. The van der Waals surface area contributed by atoms with E-state index in [4.69, 9.17) is 0 Å². The first-order valence-electron chi connectivity index (χ1n) is 10.1. The summed E-state index contributed by atoms with van der Waals surface area (Å²) in [6.07, 6.45) is 13.2. The van der Waals surface area contributed by atoms with Crippen LogP contribution in [0, 0.1) is 28.6 Å². The van der Waals surface area contributed by atoms with Crippen molar-refractivity contribution in [1.29, 1.82) is 0 Å². The molecule has 1 N–H and O–H groups in total. The minimum absolute atomic E-state index is 0.413. The van der Waals surface area contributed by atoms with E-state index in [1.807, 2.05) is 0 Å². The van der Waals surface area contributed by atoms with Crippen LogP contribution in [-0.2, 0) is 4.79 Å². The summed E-state index contributed by atoms with van der Waals surface area (Å²) in [5, 5.41) is 3.53. The highest BCUT2D eigenvalue weighted by Crippen LogP contribution is 2.61. The Morgan fingerprint density at radius 1 is 0.957 bits per heavy atom. The van der Waals surface area contributed by atoms with Gasteiger partial charge in [0.15, 0.2) is 0 Å². The van der Waals surface area contributed by atoms with Crippen LogP contribution in [0.5, 0.6) is 0 Å². The summed E-state index contributed by atoms with van der Waals surface area (Å²) in [6, 6.07) is 0. The Balaban J connectivity index is 1.22. The van der Waals surface area contributed by atoms with Gasteiger partial charge in [0.1, 0.15) is 0 Å². The molecule has 6 fully saturated rings. The zero-order chi connectivity index (χ0) is 15.5. The van der Waals surface area contributed by atoms with Gasteiger partial charge in [0.2, 0.25) is 5.91 Å². The minimum atomic E-state index is 0.413. The fourth-order valence-electron chi connectivity index (χ4n) is 7.39. The van der Waals surface area contributed by atoms with E-state index in [1.165, 1.54) is 70.9 Å². The van der Waals surface area contributed by atoms with Gasteiger partial charge in [-0.2, -0.15) is 0 Å². The van der Waals surface area contributed by atoms with Crippen LogP contribution in [0.1, 0.15) is 64.2 Å². The normalized spacial score (nSPS) is 44.2. The fourth-order valence-corrected chi connectivity index (χ4v) is 7.39. The molecule has 6 rings (SSSR count). The van der Waals surface area contributed by atoms with Gasteiger partial charge >= 0.3 is 0 Å². The van der Waals surface area contributed by atoms with Crippen molar-refractivity contribution in [2.75, 3.05) is 26.2 Å². The predicted molar refractivity (Wildman–Crippen MR) is 91.0 cm³/mol. The molecule has 0 aromatic heterocycles. The van der Waals surface area contributed by atoms with Gasteiger partial charge < -0.3 is 10.2 Å². The Hall–Kier alpha value is -0.570. The first-order chi connectivity index (χ1) is 11.1. The molecule has 2 heterocycles. The molecular formula is C20H32N2O. The van der Waals surface area contributed by atoms with Gasteiger partial charge in [0.05, 0.1) is 0 Å². The van der Waals surface area contributed by atoms with E-state index in [1.54, 1.807) is 0 Å². The number of hydrogen-bond acceptors (Lipinski definition) is 2. The van der Waals surface area contributed by atoms with Crippen molar-refractivity contribution in [3.05, 3.63) is 0 Å². The van der Waals surface area contributed by atoms with E-state index >= 15 is 0 Å². The van der Waals surface area contributed by atoms with Crippen molar-refractivity contribution in [2.45, 2.75) is 64.2 Å². The predicted octanol–water partition coefficient (Wildman–Crippen LogP) is 3.20. The Labute approximate surface area is 140 Å². The molecule has 0 radical (unpaired) electrons. The molecule has 128 valence electrons. The third kappa shape index (κ3) is 2.54. The second-order valence-corrected chi connectivity index (χ2v) is 9.90. The van der Waals surface area contributed by atoms with Crippen LogP contribution in [0.25, 0.3) is 0 Å². The number of amides is 1. The topological polar surface area (TPSA) is 32.3 Å². The summed E-state index contributed by atoms with van der Waals surface area (Å²) in [7, 11) is 0. The third-order valence-corrected chi connectivity index (χ3v) is 8.20. The number of piperidine rings is 1. The number of hydrogen-bond donors (Lipinski definition) is 1. The lowest BCUT2D eigenvalue weighted by Crippen LogP contribution is -2.50. The van der Waals surface area contributed by atoms with Crippen molar-refractivity contribution < 1.29 is 4.79 Å². The molecular weight excluding hydrogens is 284 g/mol. The van der Waals surface area contributed by atoms with Crippen molar-refractivity contribution in [2.24, 2.45) is 28.6 Å². The molecule has 23 heavy (non-hydrogen) atoms. The second kappa shape index (κ2) is 5.21. The molecule has 3 heteroatoms. The molecule has 0 aromatic rings. The van der Waals surface area contributed by atoms with Crippen molar-refractivity contribution in [3.8, 4) is 0 Å². The van der Waals surface area contributed by atoms with Gasteiger partial charge in [-0.05, 0) is 92.9 Å². The van der Waals surface area contributed by atoms with Gasteiger partial charge in [-0.15, -0.1) is 0 Å². The van der Waals surface area contributed by atoms with Gasteiger partial charge in [-0.1, -0.05) is 0 Å². The Morgan fingerprint density at radius 2 is 1.57 bits per heavy atom. The van der Waals surface area contributed by atoms with Gasteiger partial charge in [-0.3, -0.25) is 4.79 Å². The number of carbonyl (C=O) groups is 1. The van der Waals surface area contributed by atoms with Gasteiger partial charge in [0.25, 0.3) is 0 Å². The lowest BCUT2D eigenvalue weighted by Gasteiger charge is -2.57. The molecule has 2 saturated heterocycles. The van der Waals surface area contributed by atoms with Crippen molar-refractivity contribution >= 4 is 5.91 Å². The number of carbonyl (C=O) groups excluding carboxylic acids is 1. The SMILES string of the molecule is O=C(CC12CC3CC(CC(C3)C1)C2)N1CCC2(CCNC2)CC1. The Morgan fingerprint density at radius 3 is 2.09 bits per heavy atom. The summed E-state index contributed by atoms with van der Waals surface area (Å²) in [5.74, 6) is 3.38. The Kier molecular flexibility index (Phi) is 3.34. The molecule has 0 atom stereocenters. The summed E-state index contributed by atoms with van der Waals surface area (Å²) < 4.78 is 0. The number of nitrogens with one attached hydrogen (secondary N) is 1. The average Bonchev–Trinajstić information content (AvgIpc) is 2.94. The number of likely N-dealkylation sites (tertiary alicyclic amines) is 1. The quantitative estimate of drug-likeness (QED) is 0.848. The highest BCUT2D eigenvalue weighted by Gasteiger charge is 2.52. The monoisotopic (exact) mass is 316 g/mol. The second-order valence-electron chi connectivity index (χ2n) is 9.90. The molecule has 1 amide bonds. The van der Waals surface area contributed by atoms with E-state index in [-0.39, 0.29) is 0 Å². The lowest BCUT2D eigenvalue weighted by atomic mass is 9.49. The van der Waals surface area contributed by atoms with E-state index in [2.05, 4.69) is 10.2 Å². The first kappa shape index (κ1) is 14.7. The molecule has 6 aliphatic rings. The van der Waals surface area contributed by atoms with E-state index < -0.39 is 0 Å². The molecule has 0 unspecified atom stereocenters. The molecule has 4 saturated carbocycles. The van der Waals surface area contributed by atoms with Crippen LogP contribution in [0.2, 0.25) is 0 Å². The molecule has 3 nitrogen and oxygen atoms in total. The number of rotatable bonds is 2. The van der Waals surface area contributed by atoms with Crippen LogP contribution in [0.3, 0.4) is 0 Å². The van der Waals surface area contributed by atoms with Crippen LogP contribution < -0.4 is 5.32 Å². The smallest absolute Gasteiger partial charge is 0.223 e. The van der Waals surface area contributed by atoms with Crippen molar-refractivity contribution in [3.63, 3.8) is 0 Å². The largest absolute Gasteiger partial charge is 0.343 e. The third-order valence-electron chi connectivity index (χ3n) is 8.20. The molecule has 2 aliphatic heterocycles. The maximum Gasteiger partial charge on any atom is 0.223 e. The highest BCUT2D eigenvalue weighted by atomic mass is 16.2. The van der Waals surface area contributed by atoms with E-state index in [0.29, 0.717) is 16.7 Å². The highest BCUT2D eigenvalue weighted by molar-refractivity contribution is 5.77. The first-order valence-corrected chi connectivity index (χ1v) is 10.1. The van der Waals surface area contributed by atoms with Gasteiger partial charge in [0, 0.05) is 26.1 Å². The maximum atomic E-state index is 13.0. The minimum Gasteiger partial charge on any atom is -0.343 e. The van der Waals surface area contributed by atoms with Crippen molar-refractivity contribution in [1.82, 2.24) is 10.2 Å². The average molecular weight is 316 g/mol. The molecule has 4 aliphatic carbocycles. The van der Waals surface area contributed by atoms with E-state index in [9.17, 15) is 4.79 Å². The van der Waals surface area contributed by atoms with Crippen LogP contribution >= 0.6 is 0 Å². The summed E-state index contributed by atoms with van der Waals surface area (Å²) in [6.45, 7) is 4.41. The van der Waals surface area contributed by atoms with Gasteiger partial charge in [-0.25, -0.2) is 0 Å². The standard InChI is InChI=1S/C20H32N2O/c23-18(22-5-2-19(3-6-22)1-4-21-14-19)13-20-10-15-7-16(11-20)9-17(8-15)12-20/h15-17,21H,1-14H2. The molecule has 4 bridgehead atoms. The number of nitrogens with zero attached hydrogens (tertiary/aromatic N) is 1. The molecule has 1 spiro atoms. The fraction of sp³-hybridized carbons (Fsp3) is 0.950. The summed E-state index contributed by atoms with van der Waals surface area (Å²) in [4.78, 5) is 15.2. The summed E-state index contributed by atoms with van der Waals surface area (Å²) in [5.41, 5.74) is 0.938. The van der Waals surface area contributed by atoms with Crippen LogP contribution in [0.15, 0.2) is 0 Å². The zero-order valence-corrected chi connectivity index (χ0v) is 14.5. The lowest BCUT2D eigenvalue weighted by molar-refractivity contribution is -0.141. The van der Waals surface area contributed by atoms with Crippen LogP contribution in [-0.4, -0.2) is 37.0 Å². The molecule has 0 aromatic carbocycles. The Bertz CT molecular complexity index is 449. The van der Waals surface area contributed by atoms with E-state index in [0.717, 1.165) is 37.3 Å². The van der Waals surface area contributed by atoms with Crippen LogP contribution in [0.4, 0.5) is 0 Å². The summed E-state index contributed by atoms with van der Waals surface area (Å²) >= 11 is 0.